The van der Waals surface area contributed by atoms with Crippen LogP contribution in [-0.2, 0) is 16.1 Å². The van der Waals surface area contributed by atoms with E-state index in [1.54, 1.807) is 6.20 Å². The summed E-state index contributed by atoms with van der Waals surface area (Å²) >= 11 is 1.31. The summed E-state index contributed by atoms with van der Waals surface area (Å²) in [4.78, 5) is 25.8. The van der Waals surface area contributed by atoms with Crippen LogP contribution < -0.4 is 5.32 Å². The fraction of sp³-hybridized carbons (Fsp3) is 0.500. The molecule has 6 nitrogen and oxygen atoms in total. The lowest BCUT2D eigenvalue weighted by Crippen LogP contribution is -2.41. The van der Waals surface area contributed by atoms with Gasteiger partial charge in [-0.1, -0.05) is 11.8 Å². The molecule has 1 rings (SSSR count). The van der Waals surface area contributed by atoms with Crippen molar-refractivity contribution in [3.05, 3.63) is 12.4 Å². The maximum atomic E-state index is 10.9. The fourth-order valence-corrected chi connectivity index (χ4v) is 2.29. The Morgan fingerprint density at radius 1 is 1.65 bits per heavy atom. The van der Waals surface area contributed by atoms with E-state index >= 15 is 0 Å². The van der Waals surface area contributed by atoms with Crippen molar-refractivity contribution in [3.8, 4) is 0 Å². The van der Waals surface area contributed by atoms with Crippen molar-refractivity contribution in [2.75, 3.05) is 5.75 Å². The molecule has 0 aliphatic heterocycles. The molecular weight excluding hydrogens is 242 g/mol. The van der Waals surface area contributed by atoms with E-state index in [-0.39, 0.29) is 11.7 Å². The number of imidazole rings is 1. The van der Waals surface area contributed by atoms with Gasteiger partial charge >= 0.3 is 5.97 Å². The number of rotatable bonds is 6. The van der Waals surface area contributed by atoms with E-state index < -0.39 is 12.0 Å². The Labute approximate surface area is 103 Å². The summed E-state index contributed by atoms with van der Waals surface area (Å²) in [7, 11) is 0. The minimum Gasteiger partial charge on any atom is -0.480 e. The highest BCUT2D eigenvalue weighted by atomic mass is 32.2. The van der Waals surface area contributed by atoms with Crippen molar-refractivity contribution in [3.63, 3.8) is 0 Å². The lowest BCUT2D eigenvalue weighted by atomic mass is 10.3. The highest BCUT2D eigenvalue weighted by molar-refractivity contribution is 7.99. The highest BCUT2D eigenvalue weighted by Gasteiger charge is 2.19. The van der Waals surface area contributed by atoms with Crippen molar-refractivity contribution in [2.45, 2.75) is 31.6 Å². The molecule has 1 amide bonds. The minimum atomic E-state index is -1.04. The first-order valence-corrected chi connectivity index (χ1v) is 6.17. The molecule has 0 fully saturated rings. The number of hydrogen-bond acceptors (Lipinski definition) is 4. The summed E-state index contributed by atoms with van der Waals surface area (Å²) in [5.41, 5.74) is 0. The van der Waals surface area contributed by atoms with Gasteiger partial charge in [-0.25, -0.2) is 9.78 Å². The van der Waals surface area contributed by atoms with E-state index in [0.29, 0.717) is 0 Å². The SMILES string of the molecule is CCn1ccnc1SCC(NC(C)=O)C(=O)O. The van der Waals surface area contributed by atoms with Crippen molar-refractivity contribution in [1.29, 1.82) is 0 Å². The molecule has 0 radical (unpaired) electrons. The summed E-state index contributed by atoms with van der Waals surface area (Å²) in [5, 5.41) is 12.1. The van der Waals surface area contributed by atoms with Crippen molar-refractivity contribution in [1.82, 2.24) is 14.9 Å². The van der Waals surface area contributed by atoms with E-state index in [1.165, 1.54) is 18.7 Å². The number of aryl methyl sites for hydroxylation is 1. The van der Waals surface area contributed by atoms with Gasteiger partial charge in [-0.05, 0) is 6.92 Å². The number of carboxylic acid groups (broad SMARTS) is 1. The van der Waals surface area contributed by atoms with Crippen LogP contribution in [0.4, 0.5) is 0 Å². The number of nitrogens with zero attached hydrogens (tertiary/aromatic N) is 2. The van der Waals surface area contributed by atoms with Gasteiger partial charge in [-0.3, -0.25) is 4.79 Å². The maximum absolute atomic E-state index is 10.9. The van der Waals surface area contributed by atoms with Gasteiger partial charge in [0, 0.05) is 31.6 Å². The van der Waals surface area contributed by atoms with Crippen molar-refractivity contribution in [2.24, 2.45) is 0 Å². The highest BCUT2D eigenvalue weighted by Crippen LogP contribution is 2.16. The number of amides is 1. The summed E-state index contributed by atoms with van der Waals surface area (Å²) in [6, 6.07) is -0.889. The van der Waals surface area contributed by atoms with Crippen LogP contribution >= 0.6 is 11.8 Å². The van der Waals surface area contributed by atoms with Crippen LogP contribution in [0.15, 0.2) is 17.6 Å². The third-order valence-corrected chi connectivity index (χ3v) is 3.17. The van der Waals surface area contributed by atoms with Gasteiger partial charge in [0.25, 0.3) is 0 Å². The number of carboxylic acids is 1. The molecule has 17 heavy (non-hydrogen) atoms. The normalized spacial score (nSPS) is 12.1. The van der Waals surface area contributed by atoms with Crippen LogP contribution in [0.1, 0.15) is 13.8 Å². The minimum absolute atomic E-state index is 0.256. The molecule has 0 aromatic carbocycles. The molecule has 7 heteroatoms. The van der Waals surface area contributed by atoms with E-state index in [4.69, 9.17) is 5.11 Å². The molecule has 0 saturated heterocycles. The first-order valence-electron chi connectivity index (χ1n) is 5.18. The Morgan fingerprint density at radius 3 is 2.88 bits per heavy atom. The third kappa shape index (κ3) is 4.10. The van der Waals surface area contributed by atoms with Crippen LogP contribution in [0.2, 0.25) is 0 Å². The monoisotopic (exact) mass is 257 g/mol. The van der Waals surface area contributed by atoms with Crippen LogP contribution in [0.25, 0.3) is 0 Å². The molecule has 0 aliphatic rings. The molecule has 0 bridgehead atoms. The molecule has 1 unspecified atom stereocenters. The number of carbonyl (C=O) groups excluding carboxylic acids is 1. The number of hydrogen-bond donors (Lipinski definition) is 2. The molecule has 1 aromatic heterocycles. The molecule has 0 aliphatic carbocycles. The number of aliphatic carboxylic acids is 1. The van der Waals surface area contributed by atoms with Gasteiger partial charge in [0.15, 0.2) is 5.16 Å². The summed E-state index contributed by atoms with van der Waals surface area (Å²) in [6.07, 6.45) is 3.50. The maximum Gasteiger partial charge on any atom is 0.327 e. The lowest BCUT2D eigenvalue weighted by Gasteiger charge is -2.12. The van der Waals surface area contributed by atoms with Crippen LogP contribution in [0, 0.1) is 0 Å². The second-order valence-corrected chi connectivity index (χ2v) is 4.39. The molecule has 1 atom stereocenters. The summed E-state index contributed by atoms with van der Waals surface area (Å²) < 4.78 is 1.91. The summed E-state index contributed by atoms with van der Waals surface area (Å²) in [6.45, 7) is 4.06. The molecule has 2 N–H and O–H groups in total. The number of carbonyl (C=O) groups is 2. The smallest absolute Gasteiger partial charge is 0.327 e. The Kier molecular flexibility index (Phi) is 5.02. The average Bonchev–Trinajstić information content (AvgIpc) is 2.70. The first-order chi connectivity index (χ1) is 8.04. The summed E-state index contributed by atoms with van der Waals surface area (Å²) in [5.74, 6) is -1.13. The number of aromatic nitrogens is 2. The average molecular weight is 257 g/mol. The number of nitrogens with one attached hydrogen (secondary N) is 1. The Morgan fingerprint density at radius 2 is 2.35 bits per heavy atom. The van der Waals surface area contributed by atoms with E-state index in [2.05, 4.69) is 10.3 Å². The first kappa shape index (κ1) is 13.6. The Bertz CT molecular complexity index is 405. The molecule has 1 heterocycles. The molecule has 1 aromatic rings. The van der Waals surface area contributed by atoms with E-state index in [1.807, 2.05) is 17.7 Å². The van der Waals surface area contributed by atoms with E-state index in [0.717, 1.165) is 11.7 Å². The topological polar surface area (TPSA) is 84.2 Å². The fourth-order valence-electron chi connectivity index (χ4n) is 1.25. The van der Waals surface area contributed by atoms with Crippen molar-refractivity contribution >= 4 is 23.6 Å². The van der Waals surface area contributed by atoms with Crippen molar-refractivity contribution < 1.29 is 14.7 Å². The Balaban J connectivity index is 2.57. The predicted molar refractivity (Wildman–Crippen MR) is 63.9 cm³/mol. The van der Waals surface area contributed by atoms with Gasteiger partial charge in [0.05, 0.1) is 0 Å². The van der Waals surface area contributed by atoms with Gasteiger partial charge in [0.2, 0.25) is 5.91 Å². The zero-order valence-electron chi connectivity index (χ0n) is 9.71. The predicted octanol–water partition coefficient (Wildman–Crippen LogP) is 0.584. The van der Waals surface area contributed by atoms with Crippen LogP contribution in [0.5, 0.6) is 0 Å². The second kappa shape index (κ2) is 6.29. The Hall–Kier alpha value is -1.50. The molecule has 0 saturated carbocycles. The van der Waals surface area contributed by atoms with Gasteiger partial charge in [-0.15, -0.1) is 0 Å². The second-order valence-electron chi connectivity index (χ2n) is 3.40. The zero-order valence-corrected chi connectivity index (χ0v) is 10.5. The molecule has 94 valence electrons. The molecular formula is C10H15N3O3S. The lowest BCUT2D eigenvalue weighted by molar-refractivity contribution is -0.140. The van der Waals surface area contributed by atoms with Gasteiger partial charge < -0.3 is 15.0 Å². The van der Waals surface area contributed by atoms with Crippen LogP contribution in [-0.4, -0.2) is 38.3 Å². The third-order valence-electron chi connectivity index (χ3n) is 2.07. The van der Waals surface area contributed by atoms with Gasteiger partial charge in [0.1, 0.15) is 6.04 Å². The van der Waals surface area contributed by atoms with Crippen LogP contribution in [0.3, 0.4) is 0 Å². The standard InChI is InChI=1S/C10H15N3O3S/c1-3-13-5-4-11-10(13)17-6-8(9(15)16)12-7(2)14/h4-5,8H,3,6H2,1-2H3,(H,12,14)(H,15,16). The van der Waals surface area contributed by atoms with E-state index in [9.17, 15) is 9.59 Å². The quantitative estimate of drug-likeness (QED) is 0.728. The molecule has 0 spiro atoms. The zero-order chi connectivity index (χ0) is 12.8. The largest absolute Gasteiger partial charge is 0.480 e. The van der Waals surface area contributed by atoms with Gasteiger partial charge in [-0.2, -0.15) is 0 Å². The number of thioether (sulfide) groups is 1.